The van der Waals surface area contributed by atoms with Crippen LogP contribution in [0.5, 0.6) is 0 Å². The van der Waals surface area contributed by atoms with E-state index in [0.29, 0.717) is 24.0 Å². The lowest BCUT2D eigenvalue weighted by molar-refractivity contribution is -0.135. The fourth-order valence-electron chi connectivity index (χ4n) is 5.24. The lowest BCUT2D eigenvalue weighted by atomic mass is 9.77. The van der Waals surface area contributed by atoms with Crippen LogP contribution in [-0.4, -0.2) is 46.3 Å². The van der Waals surface area contributed by atoms with Gasteiger partial charge in [-0.1, -0.05) is 33.1 Å². The maximum Gasteiger partial charge on any atom is 0.251 e. The van der Waals surface area contributed by atoms with Gasteiger partial charge in [0.25, 0.3) is 11.8 Å². The van der Waals surface area contributed by atoms with Crippen molar-refractivity contribution < 1.29 is 14.4 Å². The van der Waals surface area contributed by atoms with Crippen LogP contribution in [0.1, 0.15) is 107 Å². The Morgan fingerprint density at radius 2 is 1.22 bits per heavy atom. The summed E-state index contributed by atoms with van der Waals surface area (Å²) < 4.78 is 0. The molecule has 0 unspecified atom stereocenters. The van der Waals surface area contributed by atoms with Gasteiger partial charge in [0, 0.05) is 34.3 Å². The van der Waals surface area contributed by atoms with Crippen LogP contribution in [0.4, 0.5) is 0 Å². The van der Waals surface area contributed by atoms with Crippen molar-refractivity contribution in [1.29, 1.82) is 0 Å². The molecular formula is C26H41N3O3. The van der Waals surface area contributed by atoms with E-state index in [1.807, 2.05) is 46.4 Å². The van der Waals surface area contributed by atoms with E-state index in [9.17, 15) is 14.4 Å². The van der Waals surface area contributed by atoms with Gasteiger partial charge in [0.2, 0.25) is 6.41 Å². The van der Waals surface area contributed by atoms with Crippen LogP contribution in [0.2, 0.25) is 0 Å². The molecule has 3 amide bonds. The van der Waals surface area contributed by atoms with Crippen molar-refractivity contribution in [2.75, 3.05) is 0 Å². The monoisotopic (exact) mass is 443 g/mol. The second-order valence-electron chi connectivity index (χ2n) is 10.1. The molecule has 3 rings (SSSR count). The summed E-state index contributed by atoms with van der Waals surface area (Å²) in [6.45, 7) is 12.1. The average Bonchev–Trinajstić information content (AvgIpc) is 2.74. The molecule has 2 aliphatic rings. The lowest BCUT2D eigenvalue weighted by Gasteiger charge is -2.53. The topological polar surface area (TPSA) is 78.5 Å². The summed E-state index contributed by atoms with van der Waals surface area (Å²) in [6.07, 6.45) is 7.98. The first-order chi connectivity index (χ1) is 15.1. The summed E-state index contributed by atoms with van der Waals surface area (Å²) in [7, 11) is 0. The van der Waals surface area contributed by atoms with Gasteiger partial charge < -0.3 is 15.5 Å². The molecule has 32 heavy (non-hydrogen) atoms. The zero-order valence-electron chi connectivity index (χ0n) is 20.7. The number of rotatable bonds is 5. The second-order valence-corrected chi connectivity index (χ2v) is 10.1. The Kier molecular flexibility index (Phi) is 8.88. The van der Waals surface area contributed by atoms with E-state index >= 15 is 0 Å². The highest BCUT2D eigenvalue weighted by Crippen LogP contribution is 2.37. The first kappa shape index (κ1) is 25.9. The minimum Gasteiger partial charge on any atom is -0.349 e. The molecule has 1 saturated heterocycles. The highest BCUT2D eigenvalue weighted by Gasteiger charge is 2.45. The maximum atomic E-state index is 12.8. The molecule has 6 nitrogen and oxygen atoms in total. The Labute approximate surface area is 193 Å². The summed E-state index contributed by atoms with van der Waals surface area (Å²) in [5.41, 5.74) is 0.460. The number of hydrogen-bond donors (Lipinski definition) is 2. The van der Waals surface area contributed by atoms with Crippen molar-refractivity contribution in [1.82, 2.24) is 15.5 Å². The van der Waals surface area contributed by atoms with E-state index in [1.165, 1.54) is 19.3 Å². The fourth-order valence-corrected chi connectivity index (χ4v) is 5.24. The molecule has 0 aromatic heterocycles. The quantitative estimate of drug-likeness (QED) is 0.649. The fraction of sp³-hybridized carbons (Fsp3) is 0.654. The van der Waals surface area contributed by atoms with Gasteiger partial charge in [-0.15, -0.1) is 0 Å². The van der Waals surface area contributed by atoms with E-state index in [4.69, 9.17) is 0 Å². The smallest absolute Gasteiger partial charge is 0.251 e. The zero-order valence-corrected chi connectivity index (χ0v) is 20.7. The van der Waals surface area contributed by atoms with Gasteiger partial charge in [-0.25, -0.2) is 0 Å². The molecular weight excluding hydrogens is 402 g/mol. The minimum absolute atomic E-state index is 0.0204. The van der Waals surface area contributed by atoms with Crippen LogP contribution >= 0.6 is 0 Å². The first-order valence-electron chi connectivity index (χ1n) is 12.1. The molecule has 1 aliphatic heterocycles. The highest BCUT2D eigenvalue weighted by molar-refractivity contribution is 5.98. The van der Waals surface area contributed by atoms with Crippen LogP contribution in [-0.2, 0) is 4.79 Å². The lowest BCUT2D eigenvalue weighted by Crippen LogP contribution is -2.63. The SMILES string of the molecule is CC.CC1(C)CC(NC(=O)c2ccc(C(=O)NC3CCCCC3)cc2)CC(C)(C)N1C=O. The molecule has 1 aromatic carbocycles. The van der Waals surface area contributed by atoms with Gasteiger partial charge in [0.05, 0.1) is 0 Å². The van der Waals surface area contributed by atoms with Gasteiger partial charge in [0.1, 0.15) is 0 Å². The summed E-state index contributed by atoms with van der Waals surface area (Å²) in [6, 6.07) is 7.10. The number of amides is 3. The van der Waals surface area contributed by atoms with Crippen LogP contribution < -0.4 is 10.6 Å². The molecule has 0 bridgehead atoms. The second kappa shape index (κ2) is 11.0. The molecule has 2 N–H and O–H groups in total. The molecule has 0 spiro atoms. The van der Waals surface area contributed by atoms with Gasteiger partial charge in [-0.2, -0.15) is 0 Å². The Balaban J connectivity index is 0.00000176. The minimum atomic E-state index is -0.331. The standard InChI is InChI=1S/C24H35N3O3.C2H6/c1-23(2)14-20(15-24(3,4)27(23)16-28)26-22(30)18-12-10-17(11-13-18)21(29)25-19-8-6-5-7-9-19;1-2/h10-13,16,19-20H,5-9,14-15H2,1-4H3,(H,25,29)(H,26,30);1-2H3. The normalized spacial score (nSPS) is 20.5. The van der Waals surface area contributed by atoms with E-state index in [2.05, 4.69) is 10.6 Å². The van der Waals surface area contributed by atoms with E-state index < -0.39 is 0 Å². The van der Waals surface area contributed by atoms with Crippen molar-refractivity contribution in [3.05, 3.63) is 35.4 Å². The first-order valence-corrected chi connectivity index (χ1v) is 12.1. The molecule has 0 radical (unpaired) electrons. The molecule has 178 valence electrons. The molecule has 1 heterocycles. The van der Waals surface area contributed by atoms with E-state index in [0.717, 1.165) is 19.3 Å². The molecule has 0 atom stereocenters. The summed E-state index contributed by atoms with van der Waals surface area (Å²) in [5, 5.41) is 6.23. The Morgan fingerprint density at radius 1 is 0.812 bits per heavy atom. The summed E-state index contributed by atoms with van der Waals surface area (Å²) in [4.78, 5) is 38.7. The van der Waals surface area contributed by atoms with Crippen LogP contribution in [0.15, 0.2) is 24.3 Å². The molecule has 1 saturated carbocycles. The van der Waals surface area contributed by atoms with Gasteiger partial charge in [-0.3, -0.25) is 14.4 Å². The largest absolute Gasteiger partial charge is 0.349 e. The van der Waals surface area contributed by atoms with Gasteiger partial charge >= 0.3 is 0 Å². The van der Waals surface area contributed by atoms with Gasteiger partial charge in [0.15, 0.2) is 0 Å². The van der Waals surface area contributed by atoms with Crippen LogP contribution in [0, 0.1) is 0 Å². The van der Waals surface area contributed by atoms with Crippen molar-refractivity contribution >= 4 is 18.2 Å². The van der Waals surface area contributed by atoms with Crippen molar-refractivity contribution in [3.63, 3.8) is 0 Å². The maximum absolute atomic E-state index is 12.8. The summed E-state index contributed by atoms with van der Waals surface area (Å²) in [5.74, 6) is -0.219. The predicted molar refractivity (Wildman–Crippen MR) is 129 cm³/mol. The number of carbonyl (C=O) groups excluding carboxylic acids is 3. The van der Waals surface area contributed by atoms with E-state index in [-0.39, 0.29) is 35.0 Å². The molecule has 1 aliphatic carbocycles. The van der Waals surface area contributed by atoms with E-state index in [1.54, 1.807) is 24.3 Å². The Bertz CT molecular complexity index is 762. The van der Waals surface area contributed by atoms with Crippen LogP contribution in [0.25, 0.3) is 0 Å². The number of carbonyl (C=O) groups is 3. The number of likely N-dealkylation sites (tertiary alicyclic amines) is 1. The van der Waals surface area contributed by atoms with Crippen molar-refractivity contribution in [3.8, 4) is 0 Å². The van der Waals surface area contributed by atoms with Crippen molar-refractivity contribution in [2.24, 2.45) is 0 Å². The highest BCUT2D eigenvalue weighted by atomic mass is 16.2. The third kappa shape index (κ3) is 6.33. The number of benzene rings is 1. The molecule has 1 aromatic rings. The third-order valence-electron chi connectivity index (χ3n) is 6.59. The van der Waals surface area contributed by atoms with Gasteiger partial charge in [-0.05, 0) is 77.6 Å². The molecule has 6 heteroatoms. The van der Waals surface area contributed by atoms with Crippen LogP contribution in [0.3, 0.4) is 0 Å². The Hall–Kier alpha value is -2.37. The number of piperidine rings is 1. The number of nitrogens with one attached hydrogen (secondary N) is 2. The summed E-state index contributed by atoms with van der Waals surface area (Å²) >= 11 is 0. The van der Waals surface area contributed by atoms with Crippen molar-refractivity contribution in [2.45, 2.75) is 110 Å². The number of nitrogens with zero attached hydrogens (tertiary/aromatic N) is 1. The average molecular weight is 444 g/mol. The molecule has 2 fully saturated rings. The number of hydrogen-bond acceptors (Lipinski definition) is 3. The Morgan fingerprint density at radius 3 is 1.62 bits per heavy atom. The zero-order chi connectivity index (χ0) is 23.9. The third-order valence-corrected chi connectivity index (χ3v) is 6.59. The predicted octanol–water partition coefficient (Wildman–Crippen LogP) is 4.68.